The Bertz CT molecular complexity index is 2550. The number of pyridine rings is 1. The van der Waals surface area contributed by atoms with Crippen molar-refractivity contribution in [3.05, 3.63) is 129 Å². The summed E-state index contributed by atoms with van der Waals surface area (Å²) >= 11 is 6.23. The summed E-state index contributed by atoms with van der Waals surface area (Å²) in [7, 11) is 0. The highest BCUT2D eigenvalue weighted by Gasteiger charge is 2.64. The molecular weight excluding hydrogens is 830 g/mol. The minimum atomic E-state index is -0.993. The van der Waals surface area contributed by atoms with E-state index in [0.29, 0.717) is 44.3 Å². The maximum Gasteiger partial charge on any atom is 0.251 e. The highest BCUT2D eigenvalue weighted by Crippen LogP contribution is 2.55. The van der Waals surface area contributed by atoms with Crippen LogP contribution >= 0.6 is 11.6 Å². The summed E-state index contributed by atoms with van der Waals surface area (Å²) in [5.74, 6) is 5.17. The molecule has 1 aromatic heterocycles. The van der Waals surface area contributed by atoms with Gasteiger partial charge in [-0.3, -0.25) is 24.2 Å². The van der Waals surface area contributed by atoms with Gasteiger partial charge in [-0.2, -0.15) is 10.5 Å². The average molecular weight is 882 g/mol. The van der Waals surface area contributed by atoms with Crippen LogP contribution in [-0.4, -0.2) is 75.5 Å². The van der Waals surface area contributed by atoms with E-state index in [4.69, 9.17) is 21.6 Å². The normalized spacial score (nSPS) is 19.9. The number of hydrogen-bond donors (Lipinski definition) is 4. The van der Waals surface area contributed by atoms with Gasteiger partial charge in [0.1, 0.15) is 30.0 Å². The number of hydrogen-bond acceptors (Lipinski definition) is 9. The highest BCUT2D eigenvalue weighted by atomic mass is 35.5. The maximum atomic E-state index is 14.0. The number of nitriles is 2. The van der Waals surface area contributed by atoms with Crippen molar-refractivity contribution in [1.82, 2.24) is 25.8 Å². The zero-order valence-corrected chi connectivity index (χ0v) is 37.7. The second kappa shape index (κ2) is 18.9. The summed E-state index contributed by atoms with van der Waals surface area (Å²) in [5, 5.41) is 38.0. The molecule has 0 spiro atoms. The Kier molecular flexibility index (Phi) is 13.8. The van der Waals surface area contributed by atoms with E-state index in [0.717, 1.165) is 5.56 Å². The lowest BCUT2D eigenvalue weighted by Gasteiger charge is -2.63. The monoisotopic (exact) mass is 881 g/mol. The van der Waals surface area contributed by atoms with Crippen molar-refractivity contribution in [2.75, 3.05) is 6.54 Å². The molecule has 2 heterocycles. The first-order valence-corrected chi connectivity index (χ1v) is 21.4. The van der Waals surface area contributed by atoms with Crippen LogP contribution in [0.5, 0.6) is 5.75 Å². The van der Waals surface area contributed by atoms with Gasteiger partial charge in [0.05, 0.1) is 34.7 Å². The fraction of sp³-hybridized carbons (Fsp3) is 0.380. The minimum Gasteiger partial charge on any atom is -0.489 e. The molecule has 4 N–H and O–H groups in total. The van der Waals surface area contributed by atoms with Crippen LogP contribution in [-0.2, 0) is 27.3 Å². The number of amides is 4. The van der Waals surface area contributed by atoms with E-state index >= 15 is 0 Å². The standard InChI is InChI=1S/C50H52ClN7O6/c1-48(2,3)42(45(63)58-29-37(59)23-40(58)44(62)55-28-32-12-9-31(25-52)10-13-32)56-41(60)22-36-20-16-33(27-54-36)11-8-30-14-17-34(18-15-30)43(61)57-46-49(4,5)47(50(46,6)7)64-38-21-19-35(26-53)39(51)24-38/h9-10,12-21,24,27,37,40,42,46-47,59H,22-23,28-29H2,1-7H3,(H,55,62)(H,56,60)(H,57,61)/t37-,40+,42-,46?,47?/m1/s1. The Balaban J connectivity index is 1.01. The van der Waals surface area contributed by atoms with Crippen LogP contribution in [0.1, 0.15) is 98.8 Å². The van der Waals surface area contributed by atoms with E-state index in [1.165, 1.54) is 4.90 Å². The fourth-order valence-electron chi connectivity index (χ4n) is 8.76. The molecule has 1 aliphatic heterocycles. The van der Waals surface area contributed by atoms with Crippen LogP contribution in [0.25, 0.3) is 0 Å². The van der Waals surface area contributed by atoms with E-state index in [-0.39, 0.29) is 44.0 Å². The summed E-state index contributed by atoms with van der Waals surface area (Å²) in [6.07, 6.45) is 0.383. The van der Waals surface area contributed by atoms with Crippen LogP contribution in [0.2, 0.25) is 5.02 Å². The van der Waals surface area contributed by atoms with E-state index < -0.39 is 52.2 Å². The Labute approximate surface area is 379 Å². The number of β-amino-alcohol motifs (C(OH)–C–C–N with tert-alkyl or cyclic N) is 1. The number of benzene rings is 3. The molecule has 14 heteroatoms. The van der Waals surface area contributed by atoms with Crippen molar-refractivity contribution in [3.8, 4) is 29.7 Å². The first-order chi connectivity index (χ1) is 30.2. The van der Waals surface area contributed by atoms with E-state index in [2.05, 4.69) is 44.9 Å². The number of aliphatic hydroxyl groups excluding tert-OH is 1. The lowest BCUT2D eigenvalue weighted by Crippen LogP contribution is -2.74. The first kappa shape index (κ1) is 46.8. The number of likely N-dealkylation sites (tertiary alicyclic amines) is 1. The molecule has 4 aromatic rings. The topological polar surface area (TPSA) is 198 Å². The van der Waals surface area contributed by atoms with Gasteiger partial charge in [0.15, 0.2) is 0 Å². The molecule has 13 nitrogen and oxygen atoms in total. The molecule has 2 fully saturated rings. The fourth-order valence-corrected chi connectivity index (χ4v) is 8.98. The minimum absolute atomic E-state index is 0.0473. The third kappa shape index (κ3) is 10.5. The van der Waals surface area contributed by atoms with Gasteiger partial charge in [0, 0.05) is 71.0 Å². The summed E-state index contributed by atoms with van der Waals surface area (Å²) < 4.78 is 6.34. The molecular formula is C50H52ClN7O6. The summed E-state index contributed by atoms with van der Waals surface area (Å²) in [4.78, 5) is 59.8. The van der Waals surface area contributed by atoms with Crippen LogP contribution in [0.4, 0.5) is 0 Å². The first-order valence-electron chi connectivity index (χ1n) is 21.0. The summed E-state index contributed by atoms with van der Waals surface area (Å²) in [6, 6.07) is 24.2. The average Bonchev–Trinajstić information content (AvgIpc) is 3.66. The number of carbonyl (C=O) groups excluding carboxylic acids is 4. The Morgan fingerprint density at radius 1 is 0.906 bits per heavy atom. The molecule has 4 amide bonds. The molecule has 1 saturated heterocycles. The Hall–Kier alpha value is -6.72. The van der Waals surface area contributed by atoms with Crippen molar-refractivity contribution in [1.29, 1.82) is 10.5 Å². The number of nitrogens with one attached hydrogen (secondary N) is 3. The SMILES string of the molecule is CC1(C)C(NC(=O)c2ccc(C#Cc3ccc(CC(=O)N[C@H](C(=O)N4C[C@H](O)C[C@H]4C(=O)NCc4ccc(C#N)cc4)C(C)(C)C)nc3)cc2)C(C)(C)C1Oc1ccc(C#N)c(Cl)c1. The van der Waals surface area contributed by atoms with Gasteiger partial charge in [-0.15, -0.1) is 0 Å². The van der Waals surface area contributed by atoms with Crippen LogP contribution < -0.4 is 20.7 Å². The van der Waals surface area contributed by atoms with Gasteiger partial charge in [0.25, 0.3) is 5.91 Å². The van der Waals surface area contributed by atoms with E-state index in [1.807, 2.05) is 48.5 Å². The van der Waals surface area contributed by atoms with Gasteiger partial charge in [-0.05, 0) is 71.6 Å². The second-order valence-electron chi connectivity index (χ2n) is 18.6. The number of halogens is 1. The molecule has 3 atom stereocenters. The number of carbonyl (C=O) groups is 4. The number of ether oxygens (including phenoxy) is 1. The zero-order chi connectivity index (χ0) is 46.6. The van der Waals surface area contributed by atoms with Gasteiger partial charge < -0.3 is 30.7 Å². The predicted molar refractivity (Wildman–Crippen MR) is 240 cm³/mol. The van der Waals surface area contributed by atoms with Crippen LogP contribution in [0, 0.1) is 50.7 Å². The predicted octanol–water partition coefficient (Wildman–Crippen LogP) is 5.84. The van der Waals surface area contributed by atoms with Crippen molar-refractivity contribution < 1.29 is 29.0 Å². The number of aliphatic hydroxyl groups is 1. The zero-order valence-electron chi connectivity index (χ0n) is 37.0. The summed E-state index contributed by atoms with van der Waals surface area (Å²) in [5.41, 5.74) is 2.35. The molecule has 1 saturated carbocycles. The van der Waals surface area contributed by atoms with Crippen molar-refractivity contribution >= 4 is 35.2 Å². The molecule has 330 valence electrons. The smallest absolute Gasteiger partial charge is 0.251 e. The largest absolute Gasteiger partial charge is 0.489 e. The highest BCUT2D eigenvalue weighted by molar-refractivity contribution is 6.31. The van der Waals surface area contributed by atoms with Crippen molar-refractivity contribution in [2.45, 2.75) is 98.2 Å². The molecule has 2 aliphatic rings. The quantitative estimate of drug-likeness (QED) is 0.134. The van der Waals surface area contributed by atoms with Gasteiger partial charge in [0.2, 0.25) is 17.7 Å². The van der Waals surface area contributed by atoms with Crippen LogP contribution in [0.3, 0.4) is 0 Å². The van der Waals surface area contributed by atoms with Crippen molar-refractivity contribution in [2.24, 2.45) is 16.2 Å². The van der Waals surface area contributed by atoms with E-state index in [9.17, 15) is 29.5 Å². The number of rotatable bonds is 11. The third-order valence-electron chi connectivity index (χ3n) is 11.9. The van der Waals surface area contributed by atoms with Gasteiger partial charge in [-0.25, -0.2) is 0 Å². The maximum absolute atomic E-state index is 14.0. The molecule has 3 aromatic carbocycles. The van der Waals surface area contributed by atoms with Crippen molar-refractivity contribution in [3.63, 3.8) is 0 Å². The number of aromatic nitrogens is 1. The third-order valence-corrected chi connectivity index (χ3v) is 12.2. The Morgan fingerprint density at radius 3 is 2.14 bits per heavy atom. The lowest BCUT2D eigenvalue weighted by molar-refractivity contribution is -0.164. The lowest BCUT2D eigenvalue weighted by atomic mass is 9.49. The molecule has 0 unspecified atom stereocenters. The Morgan fingerprint density at radius 2 is 1.55 bits per heavy atom. The second-order valence-corrected chi connectivity index (χ2v) is 19.0. The number of nitrogens with zero attached hydrogens (tertiary/aromatic N) is 4. The van der Waals surface area contributed by atoms with Crippen LogP contribution in [0.15, 0.2) is 85.1 Å². The molecule has 64 heavy (non-hydrogen) atoms. The molecule has 6 rings (SSSR count). The van der Waals surface area contributed by atoms with Gasteiger partial charge in [-0.1, -0.05) is 84.0 Å². The molecule has 1 aliphatic carbocycles. The summed E-state index contributed by atoms with van der Waals surface area (Å²) in [6.45, 7) is 13.8. The van der Waals surface area contributed by atoms with E-state index in [1.54, 1.807) is 85.1 Å². The van der Waals surface area contributed by atoms with Gasteiger partial charge >= 0.3 is 0 Å². The molecule has 0 bridgehead atoms. The molecule has 0 radical (unpaired) electrons.